The van der Waals surface area contributed by atoms with Crippen LogP contribution in [0.3, 0.4) is 0 Å². The van der Waals surface area contributed by atoms with E-state index in [1.54, 1.807) is 0 Å². The normalized spacial score (nSPS) is 51.8. The van der Waals surface area contributed by atoms with Crippen molar-refractivity contribution in [1.29, 1.82) is 0 Å². The molecule has 0 aromatic heterocycles. The average Bonchev–Trinajstić information content (AvgIpc) is 2.63. The molecule has 5 aliphatic rings. The number of piperidine rings is 4. The van der Waals surface area contributed by atoms with Crippen molar-refractivity contribution in [1.82, 2.24) is 15.1 Å². The predicted molar refractivity (Wildman–Crippen MR) is 73.7 cm³/mol. The van der Waals surface area contributed by atoms with Crippen molar-refractivity contribution < 1.29 is 0 Å². The number of nitrogens with zero attached hydrogens (tertiary/aromatic N) is 2. The van der Waals surface area contributed by atoms with Crippen molar-refractivity contribution in [3.05, 3.63) is 0 Å². The van der Waals surface area contributed by atoms with Crippen LogP contribution in [0, 0.1) is 5.92 Å². The first kappa shape index (κ1) is 11.7. The van der Waals surface area contributed by atoms with E-state index in [2.05, 4.69) is 22.2 Å². The van der Waals surface area contributed by atoms with Crippen molar-refractivity contribution in [2.24, 2.45) is 5.92 Å². The third kappa shape index (κ3) is 1.91. The molecule has 5 heterocycles. The fourth-order valence-corrected chi connectivity index (χ4v) is 5.00. The molecule has 5 aliphatic heterocycles. The number of hydrogen-bond acceptors (Lipinski definition) is 3. The van der Waals surface area contributed by atoms with E-state index in [9.17, 15) is 0 Å². The molecule has 0 aromatic rings. The van der Waals surface area contributed by atoms with Crippen LogP contribution in [0.2, 0.25) is 0 Å². The number of fused-ring (bicyclic) bond motifs is 5. The zero-order valence-corrected chi connectivity index (χ0v) is 11.6. The van der Waals surface area contributed by atoms with Gasteiger partial charge in [0.25, 0.3) is 0 Å². The Labute approximate surface area is 111 Å². The van der Waals surface area contributed by atoms with Crippen LogP contribution in [-0.4, -0.2) is 60.6 Å². The van der Waals surface area contributed by atoms with Gasteiger partial charge in [0.2, 0.25) is 0 Å². The van der Waals surface area contributed by atoms with Crippen LogP contribution in [0.25, 0.3) is 0 Å². The Morgan fingerprint density at radius 3 is 2.17 bits per heavy atom. The second-order valence-electron chi connectivity index (χ2n) is 7.13. The Balaban J connectivity index is 1.38. The van der Waals surface area contributed by atoms with Crippen LogP contribution in [0.5, 0.6) is 0 Å². The van der Waals surface area contributed by atoms with Crippen LogP contribution in [0.4, 0.5) is 0 Å². The lowest BCUT2D eigenvalue weighted by Gasteiger charge is -2.47. The van der Waals surface area contributed by atoms with Crippen molar-refractivity contribution in [2.75, 3.05) is 26.7 Å². The molecule has 0 aromatic carbocycles. The molecule has 3 unspecified atom stereocenters. The van der Waals surface area contributed by atoms with Crippen molar-refractivity contribution >= 4 is 0 Å². The molecule has 0 amide bonds. The first-order valence-electron chi connectivity index (χ1n) is 8.00. The SMILES string of the molecule is CN1C2CCC1CC(NC1CN3CCC1CC3)C2. The highest BCUT2D eigenvalue weighted by Gasteiger charge is 2.41. The molecule has 5 rings (SSSR count). The average molecular weight is 249 g/mol. The van der Waals surface area contributed by atoms with Crippen molar-refractivity contribution in [3.63, 3.8) is 0 Å². The first-order valence-corrected chi connectivity index (χ1v) is 8.00. The molecule has 3 nitrogen and oxygen atoms in total. The van der Waals surface area contributed by atoms with Crippen LogP contribution in [-0.2, 0) is 0 Å². The lowest BCUT2D eigenvalue weighted by molar-refractivity contribution is 0.0546. The van der Waals surface area contributed by atoms with Gasteiger partial charge in [-0.25, -0.2) is 0 Å². The summed E-state index contributed by atoms with van der Waals surface area (Å²) in [5, 5.41) is 4.04. The lowest BCUT2D eigenvalue weighted by Crippen LogP contribution is -2.60. The highest BCUT2D eigenvalue weighted by molar-refractivity contribution is 4.99. The molecule has 0 saturated carbocycles. The lowest BCUT2D eigenvalue weighted by atomic mass is 9.83. The maximum Gasteiger partial charge on any atom is 0.0226 e. The molecule has 5 fully saturated rings. The monoisotopic (exact) mass is 249 g/mol. The molecular weight excluding hydrogens is 222 g/mol. The summed E-state index contributed by atoms with van der Waals surface area (Å²) in [5.74, 6) is 0.979. The van der Waals surface area contributed by atoms with E-state index in [4.69, 9.17) is 0 Å². The Bertz CT molecular complexity index is 297. The summed E-state index contributed by atoms with van der Waals surface area (Å²) in [6.07, 6.45) is 8.57. The summed E-state index contributed by atoms with van der Waals surface area (Å²) >= 11 is 0. The molecule has 1 N–H and O–H groups in total. The quantitative estimate of drug-likeness (QED) is 0.796. The second kappa shape index (κ2) is 4.46. The first-order chi connectivity index (χ1) is 8.79. The van der Waals surface area contributed by atoms with Gasteiger partial charge in [0, 0.05) is 30.7 Å². The number of nitrogens with one attached hydrogen (secondary N) is 1. The highest BCUT2D eigenvalue weighted by Crippen LogP contribution is 2.35. The smallest absolute Gasteiger partial charge is 0.0226 e. The largest absolute Gasteiger partial charge is 0.310 e. The van der Waals surface area contributed by atoms with Crippen molar-refractivity contribution in [2.45, 2.75) is 62.7 Å². The van der Waals surface area contributed by atoms with E-state index in [-0.39, 0.29) is 0 Å². The summed E-state index contributed by atoms with van der Waals surface area (Å²) in [5.41, 5.74) is 0. The fourth-order valence-electron chi connectivity index (χ4n) is 5.00. The standard InChI is InChI=1S/C15H27N3/c1-17-13-2-3-14(17)9-12(8-13)16-15-10-18-6-4-11(15)5-7-18/h11-16H,2-10H2,1H3. The molecule has 18 heavy (non-hydrogen) atoms. The van der Waals surface area contributed by atoms with Crippen LogP contribution in [0.15, 0.2) is 0 Å². The minimum absolute atomic E-state index is 0.806. The Kier molecular flexibility index (Phi) is 2.90. The van der Waals surface area contributed by atoms with Gasteiger partial charge in [0.15, 0.2) is 0 Å². The second-order valence-corrected chi connectivity index (χ2v) is 7.13. The van der Waals surface area contributed by atoms with Crippen LogP contribution in [0.1, 0.15) is 38.5 Å². The van der Waals surface area contributed by atoms with Gasteiger partial charge in [-0.3, -0.25) is 0 Å². The van der Waals surface area contributed by atoms with Crippen molar-refractivity contribution in [3.8, 4) is 0 Å². The molecule has 5 saturated heterocycles. The van der Waals surface area contributed by atoms with Gasteiger partial charge in [-0.1, -0.05) is 0 Å². The molecule has 0 aliphatic carbocycles. The zero-order chi connectivity index (χ0) is 12.1. The summed E-state index contributed by atoms with van der Waals surface area (Å²) in [7, 11) is 2.34. The predicted octanol–water partition coefficient (Wildman–Crippen LogP) is 1.30. The molecule has 102 valence electrons. The van der Waals surface area contributed by atoms with Gasteiger partial charge in [-0.05, 0) is 64.6 Å². The zero-order valence-electron chi connectivity index (χ0n) is 11.6. The summed E-state index contributed by atoms with van der Waals surface area (Å²) in [4.78, 5) is 5.32. The Hall–Kier alpha value is -0.120. The molecule has 0 radical (unpaired) electrons. The van der Waals surface area contributed by atoms with Crippen LogP contribution < -0.4 is 5.32 Å². The maximum atomic E-state index is 4.04. The van der Waals surface area contributed by atoms with Gasteiger partial charge in [0.05, 0.1) is 0 Å². The third-order valence-electron chi connectivity index (χ3n) is 6.20. The van der Waals surface area contributed by atoms with E-state index >= 15 is 0 Å². The van der Waals surface area contributed by atoms with Gasteiger partial charge in [-0.2, -0.15) is 0 Å². The minimum Gasteiger partial charge on any atom is -0.310 e. The fraction of sp³-hybridized carbons (Fsp3) is 1.00. The number of hydrogen-bond donors (Lipinski definition) is 1. The summed E-state index contributed by atoms with van der Waals surface area (Å²) in [6.45, 7) is 4.05. The highest BCUT2D eigenvalue weighted by atomic mass is 15.2. The van der Waals surface area contributed by atoms with Gasteiger partial charge in [0.1, 0.15) is 0 Å². The third-order valence-corrected chi connectivity index (χ3v) is 6.20. The Morgan fingerprint density at radius 2 is 1.61 bits per heavy atom. The van der Waals surface area contributed by atoms with Crippen LogP contribution >= 0.6 is 0 Å². The summed E-state index contributed by atoms with van der Waals surface area (Å²) < 4.78 is 0. The number of rotatable bonds is 2. The van der Waals surface area contributed by atoms with E-state index in [1.807, 2.05) is 0 Å². The summed E-state index contributed by atoms with van der Waals surface area (Å²) in [6, 6.07) is 3.37. The minimum atomic E-state index is 0.806. The molecule has 4 bridgehead atoms. The van der Waals surface area contributed by atoms with E-state index < -0.39 is 0 Å². The van der Waals surface area contributed by atoms with E-state index in [0.717, 1.165) is 30.1 Å². The Morgan fingerprint density at radius 1 is 0.944 bits per heavy atom. The molecule has 3 atom stereocenters. The van der Waals surface area contributed by atoms with E-state index in [1.165, 1.54) is 58.2 Å². The van der Waals surface area contributed by atoms with E-state index in [0.29, 0.717) is 0 Å². The molecule has 3 heteroatoms. The van der Waals surface area contributed by atoms with Gasteiger partial charge < -0.3 is 15.1 Å². The maximum absolute atomic E-state index is 4.04. The molecule has 0 spiro atoms. The topological polar surface area (TPSA) is 18.5 Å². The van der Waals surface area contributed by atoms with Gasteiger partial charge in [-0.15, -0.1) is 0 Å². The van der Waals surface area contributed by atoms with Gasteiger partial charge >= 0.3 is 0 Å². The molecular formula is C15H27N3.